The first-order chi connectivity index (χ1) is 15.3. The van der Waals surface area contributed by atoms with Crippen LogP contribution in [0.3, 0.4) is 0 Å². The van der Waals surface area contributed by atoms with E-state index in [-0.39, 0.29) is 29.6 Å². The van der Waals surface area contributed by atoms with Crippen LogP contribution in [-0.4, -0.2) is 41.2 Å². The second-order valence-corrected chi connectivity index (χ2v) is 9.55. The third-order valence-corrected chi connectivity index (χ3v) is 7.32. The van der Waals surface area contributed by atoms with Gasteiger partial charge in [-0.1, -0.05) is 26.0 Å². The minimum atomic E-state index is -1.07. The molecule has 7 atom stereocenters. The lowest BCUT2D eigenvalue weighted by atomic mass is 9.63. The number of allylic oxidation sites excluding steroid dienone is 2. The highest BCUT2D eigenvalue weighted by atomic mass is 19.1. The molecule has 1 heterocycles. The number of benzene rings is 1. The molecule has 1 aliphatic heterocycles. The largest absolute Gasteiger partial charge is 0.454 e. The van der Waals surface area contributed by atoms with Crippen LogP contribution in [0.4, 0.5) is 10.1 Å². The highest BCUT2D eigenvalue weighted by Gasteiger charge is 2.68. The summed E-state index contributed by atoms with van der Waals surface area (Å²) in [7, 11) is 0. The first-order valence-corrected chi connectivity index (χ1v) is 11.0. The highest BCUT2D eigenvalue weighted by molar-refractivity contribution is 6.09. The molecular weight excluding hydrogens is 415 g/mol. The second-order valence-electron chi connectivity index (χ2n) is 9.55. The second kappa shape index (κ2) is 7.53. The summed E-state index contributed by atoms with van der Waals surface area (Å²) in [5.74, 6) is -2.45. The molecule has 2 saturated carbocycles. The number of esters is 1. The third-order valence-electron chi connectivity index (χ3n) is 7.32. The molecule has 0 unspecified atom stereocenters. The minimum absolute atomic E-state index is 0.0711. The standard InChI is InChI=1S/C24H25FN2O5/c1-11(2)21(24(31)32-10-18(28)26-13-5-3-12(25)4-6-13)27-22(29)19-14-7-8-15(17-9-16(14)17)20(19)23(27)30/h3-8,11,14-17,19-21H,9-10H2,1-2H3,(H,26,28)/t14-,15-,16-,17+,19+,20+,21-/m1/s1. The van der Waals surface area contributed by atoms with E-state index in [9.17, 15) is 23.6 Å². The van der Waals surface area contributed by atoms with Gasteiger partial charge >= 0.3 is 5.97 Å². The summed E-state index contributed by atoms with van der Waals surface area (Å²) in [6.07, 6.45) is 5.23. The van der Waals surface area contributed by atoms with Gasteiger partial charge in [-0.25, -0.2) is 9.18 Å². The summed E-state index contributed by atoms with van der Waals surface area (Å²) >= 11 is 0. The first kappa shape index (κ1) is 20.8. The molecule has 4 aliphatic carbocycles. The molecule has 168 valence electrons. The predicted molar refractivity (Wildman–Crippen MR) is 111 cm³/mol. The van der Waals surface area contributed by atoms with Crippen LogP contribution >= 0.6 is 0 Å². The first-order valence-electron chi connectivity index (χ1n) is 11.0. The topological polar surface area (TPSA) is 92.8 Å². The van der Waals surface area contributed by atoms with Gasteiger partial charge in [0.2, 0.25) is 11.8 Å². The van der Waals surface area contributed by atoms with Gasteiger partial charge in [-0.3, -0.25) is 19.3 Å². The van der Waals surface area contributed by atoms with E-state index in [1.807, 2.05) is 0 Å². The van der Waals surface area contributed by atoms with Crippen molar-refractivity contribution >= 4 is 29.4 Å². The number of amides is 3. The number of imide groups is 1. The van der Waals surface area contributed by atoms with Gasteiger partial charge in [0.05, 0.1) is 11.8 Å². The van der Waals surface area contributed by atoms with Crippen molar-refractivity contribution in [3.05, 3.63) is 42.2 Å². The lowest BCUT2D eigenvalue weighted by molar-refractivity contribution is -0.162. The number of ether oxygens (including phenoxy) is 1. The van der Waals surface area contributed by atoms with Crippen LogP contribution in [0.5, 0.6) is 0 Å². The fourth-order valence-corrected chi connectivity index (χ4v) is 5.88. The van der Waals surface area contributed by atoms with Crippen LogP contribution in [0.15, 0.2) is 36.4 Å². The van der Waals surface area contributed by atoms with E-state index in [1.54, 1.807) is 13.8 Å². The average molecular weight is 440 g/mol. The van der Waals surface area contributed by atoms with Gasteiger partial charge in [0.15, 0.2) is 6.61 Å². The number of rotatable bonds is 6. The lowest BCUT2D eigenvalue weighted by Crippen LogP contribution is -2.49. The molecule has 32 heavy (non-hydrogen) atoms. The van der Waals surface area contributed by atoms with E-state index in [2.05, 4.69) is 17.5 Å². The maximum absolute atomic E-state index is 13.3. The Balaban J connectivity index is 1.27. The fraction of sp³-hybridized carbons (Fsp3) is 0.500. The zero-order valence-corrected chi connectivity index (χ0v) is 17.9. The van der Waals surface area contributed by atoms with Gasteiger partial charge in [0.1, 0.15) is 11.9 Å². The number of halogens is 1. The van der Waals surface area contributed by atoms with Gasteiger partial charge in [-0.2, -0.15) is 0 Å². The average Bonchev–Trinajstić information content (AvgIpc) is 3.54. The van der Waals surface area contributed by atoms with Crippen molar-refractivity contribution in [3.63, 3.8) is 0 Å². The van der Waals surface area contributed by atoms with E-state index in [0.29, 0.717) is 17.5 Å². The van der Waals surface area contributed by atoms with Crippen LogP contribution in [0.25, 0.3) is 0 Å². The lowest BCUT2D eigenvalue weighted by Gasteiger charge is -2.37. The quantitative estimate of drug-likeness (QED) is 0.417. The smallest absolute Gasteiger partial charge is 0.330 e. The number of nitrogens with zero attached hydrogens (tertiary/aromatic N) is 1. The van der Waals surface area contributed by atoms with E-state index in [1.165, 1.54) is 24.3 Å². The summed E-state index contributed by atoms with van der Waals surface area (Å²) in [5.41, 5.74) is 0.364. The number of carbonyl (C=O) groups is 4. The van der Waals surface area contributed by atoms with Gasteiger partial charge in [-0.15, -0.1) is 0 Å². The number of carbonyl (C=O) groups excluding carboxylic acids is 4. The Labute approximate surface area is 185 Å². The van der Waals surface area contributed by atoms with Crippen molar-refractivity contribution in [2.45, 2.75) is 26.3 Å². The Bertz CT molecular complexity index is 984. The zero-order chi connectivity index (χ0) is 22.7. The molecule has 0 spiro atoms. The zero-order valence-electron chi connectivity index (χ0n) is 17.9. The van der Waals surface area contributed by atoms with Crippen molar-refractivity contribution in [1.29, 1.82) is 0 Å². The third kappa shape index (κ3) is 3.24. The number of likely N-dealkylation sites (tertiary alicyclic amines) is 1. The Morgan fingerprint density at radius 1 is 1.06 bits per heavy atom. The molecule has 1 N–H and O–H groups in total. The van der Waals surface area contributed by atoms with Gasteiger partial charge in [-0.05, 0) is 60.3 Å². The summed E-state index contributed by atoms with van der Waals surface area (Å²) in [6, 6.07) is 4.11. The molecule has 1 aromatic carbocycles. The predicted octanol–water partition coefficient (Wildman–Crippen LogP) is 2.39. The Morgan fingerprint density at radius 3 is 2.16 bits per heavy atom. The SMILES string of the molecule is CC(C)[C@H](C(=O)OCC(=O)Nc1ccc(F)cc1)N1C(=O)[C@H]2[C@@H]3C=C[C@H]([C@@H]4C[C@H]34)[C@@H]2C1=O. The molecular formula is C24H25FN2O5. The van der Waals surface area contributed by atoms with E-state index >= 15 is 0 Å². The summed E-state index contributed by atoms with van der Waals surface area (Å²) in [5, 5.41) is 2.51. The molecule has 5 aliphatic rings. The van der Waals surface area contributed by atoms with Crippen molar-refractivity contribution in [3.8, 4) is 0 Å². The van der Waals surface area contributed by atoms with E-state index in [0.717, 1.165) is 11.3 Å². The number of hydrogen-bond donors (Lipinski definition) is 1. The van der Waals surface area contributed by atoms with Crippen LogP contribution in [0.1, 0.15) is 20.3 Å². The van der Waals surface area contributed by atoms with Crippen LogP contribution in [0, 0.1) is 47.2 Å². The Kier molecular flexibility index (Phi) is 4.91. The molecule has 8 heteroatoms. The number of nitrogens with one attached hydrogen (secondary N) is 1. The number of anilines is 1. The van der Waals surface area contributed by atoms with Crippen molar-refractivity contribution < 1.29 is 28.3 Å². The van der Waals surface area contributed by atoms with Crippen LogP contribution in [0.2, 0.25) is 0 Å². The molecule has 2 bridgehead atoms. The maximum atomic E-state index is 13.3. The van der Waals surface area contributed by atoms with Crippen molar-refractivity contribution in [2.24, 2.45) is 41.4 Å². The Morgan fingerprint density at radius 2 is 1.62 bits per heavy atom. The van der Waals surface area contributed by atoms with Crippen molar-refractivity contribution in [2.75, 3.05) is 11.9 Å². The number of hydrogen-bond acceptors (Lipinski definition) is 5. The van der Waals surface area contributed by atoms with Crippen LogP contribution in [-0.2, 0) is 23.9 Å². The van der Waals surface area contributed by atoms with Gasteiger partial charge in [0, 0.05) is 5.69 Å². The molecule has 3 fully saturated rings. The molecule has 1 aromatic rings. The molecule has 1 saturated heterocycles. The van der Waals surface area contributed by atoms with E-state index in [4.69, 9.17) is 4.74 Å². The van der Waals surface area contributed by atoms with Crippen LogP contribution < -0.4 is 5.32 Å². The summed E-state index contributed by atoms with van der Waals surface area (Å²) in [6.45, 7) is 2.92. The molecule has 0 radical (unpaired) electrons. The van der Waals surface area contributed by atoms with Gasteiger partial charge < -0.3 is 10.1 Å². The molecule has 7 nitrogen and oxygen atoms in total. The monoisotopic (exact) mass is 440 g/mol. The van der Waals surface area contributed by atoms with Crippen molar-refractivity contribution in [1.82, 2.24) is 4.90 Å². The molecule has 6 rings (SSSR count). The minimum Gasteiger partial charge on any atom is -0.454 e. The van der Waals surface area contributed by atoms with Gasteiger partial charge in [0.25, 0.3) is 5.91 Å². The summed E-state index contributed by atoms with van der Waals surface area (Å²) < 4.78 is 18.2. The summed E-state index contributed by atoms with van der Waals surface area (Å²) in [4.78, 5) is 52.8. The normalized spacial score (nSPS) is 32.6. The highest BCUT2D eigenvalue weighted by Crippen LogP contribution is 2.65. The Hall–Kier alpha value is -3.03. The molecule has 0 aromatic heterocycles. The van der Waals surface area contributed by atoms with E-state index < -0.39 is 42.2 Å². The molecule has 3 amide bonds. The fourth-order valence-electron chi connectivity index (χ4n) is 5.88. The maximum Gasteiger partial charge on any atom is 0.330 e.